The summed E-state index contributed by atoms with van der Waals surface area (Å²) < 4.78 is 20.8. The van der Waals surface area contributed by atoms with Crippen LogP contribution in [0.5, 0.6) is 0 Å². The first-order valence-corrected chi connectivity index (χ1v) is 12.6. The first-order valence-electron chi connectivity index (χ1n) is 9.03. The van der Waals surface area contributed by atoms with Gasteiger partial charge < -0.3 is 41.7 Å². The molecule has 0 aliphatic rings. The van der Waals surface area contributed by atoms with Crippen LogP contribution >= 0.6 is 15.2 Å². The molecule has 10 nitrogen and oxygen atoms in total. The summed E-state index contributed by atoms with van der Waals surface area (Å²) in [5, 5.41) is 6.58. The van der Waals surface area contributed by atoms with Crippen molar-refractivity contribution >= 4 is 15.2 Å². The minimum atomic E-state index is -3.90. The molecule has 0 aliphatic heterocycles. The number of rotatable bonds is 16. The van der Waals surface area contributed by atoms with Crippen molar-refractivity contribution in [3.63, 3.8) is 0 Å². The average molecular weight is 420 g/mol. The maximum absolute atomic E-state index is 10.4. The zero-order valence-electron chi connectivity index (χ0n) is 15.6. The Balaban J connectivity index is 0. The number of hydrogen-bond donors (Lipinski definition) is 8. The van der Waals surface area contributed by atoms with Crippen LogP contribution in [0.25, 0.3) is 0 Å². The van der Waals surface area contributed by atoms with Gasteiger partial charge in [0.15, 0.2) is 0 Å². The second-order valence-electron chi connectivity index (χ2n) is 5.98. The summed E-state index contributed by atoms with van der Waals surface area (Å²) in [6.45, 7) is 5.63. The van der Waals surface area contributed by atoms with Gasteiger partial charge in [-0.2, -0.15) is 0 Å². The molecule has 0 rings (SSSR count). The van der Waals surface area contributed by atoms with Crippen LogP contribution in [0, 0.1) is 0 Å². The molecule has 0 fully saturated rings. The van der Waals surface area contributed by atoms with Crippen LogP contribution in [0.1, 0.15) is 38.5 Å². The molecule has 0 heterocycles. The van der Waals surface area contributed by atoms with Crippen LogP contribution in [-0.4, -0.2) is 71.2 Å². The summed E-state index contributed by atoms with van der Waals surface area (Å²) in [4.78, 5) is 34.0. The highest BCUT2D eigenvalue weighted by Gasteiger charge is 2.13. The molecule has 0 saturated heterocycles. The quantitative estimate of drug-likeness (QED) is 0.122. The highest BCUT2D eigenvalue weighted by atomic mass is 31.2. The molecule has 26 heavy (non-hydrogen) atoms. The molecule has 10 N–H and O–H groups in total. The predicted octanol–water partition coefficient (Wildman–Crippen LogP) is -0.235. The Kier molecular flexibility index (Phi) is 20.2. The SMILES string of the molecule is NCCCNCCNCCCN.O=P(O)(O)CCCCCCP(=O)(O)O. The van der Waals surface area contributed by atoms with Crippen molar-refractivity contribution < 1.29 is 28.7 Å². The standard InChI is InChI=1S/C8H22N4.C6H16O6P2/c9-3-1-5-11-7-8-12-6-2-4-10;7-13(8,9)5-3-1-2-4-6-14(10,11)12/h11-12H,1-10H2;1-6H2,(H2,7,8,9)(H2,10,11,12). The van der Waals surface area contributed by atoms with Crippen molar-refractivity contribution in [1.29, 1.82) is 0 Å². The lowest BCUT2D eigenvalue weighted by atomic mass is 10.2. The van der Waals surface area contributed by atoms with E-state index in [-0.39, 0.29) is 12.3 Å². The van der Waals surface area contributed by atoms with Gasteiger partial charge in [-0.15, -0.1) is 0 Å². The average Bonchev–Trinajstić information content (AvgIpc) is 2.52. The highest BCUT2D eigenvalue weighted by Crippen LogP contribution is 2.37. The van der Waals surface area contributed by atoms with E-state index in [1.807, 2.05) is 0 Å². The fourth-order valence-electron chi connectivity index (χ4n) is 1.87. The van der Waals surface area contributed by atoms with Gasteiger partial charge in [-0.25, -0.2) is 0 Å². The molecule has 0 unspecified atom stereocenters. The van der Waals surface area contributed by atoms with Gasteiger partial charge in [0.25, 0.3) is 0 Å². The van der Waals surface area contributed by atoms with Gasteiger partial charge >= 0.3 is 15.2 Å². The maximum atomic E-state index is 10.4. The van der Waals surface area contributed by atoms with Crippen LogP contribution < -0.4 is 22.1 Å². The van der Waals surface area contributed by atoms with Crippen LogP contribution in [0.4, 0.5) is 0 Å². The zero-order valence-corrected chi connectivity index (χ0v) is 17.3. The van der Waals surface area contributed by atoms with E-state index in [1.54, 1.807) is 0 Å². The van der Waals surface area contributed by atoms with E-state index in [0.29, 0.717) is 25.7 Å². The first kappa shape index (κ1) is 28.4. The lowest BCUT2D eigenvalue weighted by Crippen LogP contribution is -2.29. The molecule has 12 heteroatoms. The minimum Gasteiger partial charge on any atom is -0.330 e. The zero-order chi connectivity index (χ0) is 20.3. The number of nitrogens with one attached hydrogen (secondary N) is 2. The summed E-state index contributed by atoms with van der Waals surface area (Å²) >= 11 is 0. The third kappa shape index (κ3) is 31.9. The summed E-state index contributed by atoms with van der Waals surface area (Å²) in [6.07, 6.45) is 3.78. The van der Waals surface area contributed by atoms with E-state index in [9.17, 15) is 9.13 Å². The summed E-state index contributed by atoms with van der Waals surface area (Å²) in [5.41, 5.74) is 10.7. The molecule has 0 saturated carbocycles. The van der Waals surface area contributed by atoms with E-state index in [0.717, 1.165) is 52.1 Å². The minimum absolute atomic E-state index is 0.150. The van der Waals surface area contributed by atoms with Crippen LogP contribution in [0.15, 0.2) is 0 Å². The summed E-state index contributed by atoms with van der Waals surface area (Å²) in [7, 11) is -7.80. The van der Waals surface area contributed by atoms with Gasteiger partial charge in [-0.05, 0) is 51.9 Å². The Morgan fingerprint density at radius 3 is 1.19 bits per heavy atom. The Morgan fingerprint density at radius 2 is 0.923 bits per heavy atom. The predicted molar refractivity (Wildman–Crippen MR) is 105 cm³/mol. The fraction of sp³-hybridized carbons (Fsp3) is 1.00. The molecule has 0 aromatic rings. The molecule has 0 radical (unpaired) electrons. The Labute approximate surface area is 156 Å². The van der Waals surface area contributed by atoms with Crippen molar-refractivity contribution in [1.82, 2.24) is 10.6 Å². The topological polar surface area (TPSA) is 191 Å². The third-order valence-corrected chi connectivity index (χ3v) is 5.04. The highest BCUT2D eigenvalue weighted by molar-refractivity contribution is 7.52. The van der Waals surface area contributed by atoms with Crippen LogP contribution in [-0.2, 0) is 9.13 Å². The van der Waals surface area contributed by atoms with E-state index in [4.69, 9.17) is 31.0 Å². The largest absolute Gasteiger partial charge is 0.330 e. The molecule has 0 amide bonds. The van der Waals surface area contributed by atoms with E-state index >= 15 is 0 Å². The molecule has 0 aliphatic carbocycles. The van der Waals surface area contributed by atoms with Crippen molar-refractivity contribution in [2.45, 2.75) is 38.5 Å². The van der Waals surface area contributed by atoms with Gasteiger partial charge in [-0.3, -0.25) is 9.13 Å². The normalized spacial score (nSPS) is 11.9. The van der Waals surface area contributed by atoms with Crippen molar-refractivity contribution in [2.24, 2.45) is 11.5 Å². The molecule has 0 spiro atoms. The monoisotopic (exact) mass is 420 g/mol. The molecule has 160 valence electrons. The van der Waals surface area contributed by atoms with Crippen molar-refractivity contribution in [3.05, 3.63) is 0 Å². The van der Waals surface area contributed by atoms with Crippen molar-refractivity contribution in [3.8, 4) is 0 Å². The summed E-state index contributed by atoms with van der Waals surface area (Å²) in [5.74, 6) is 0. The number of unbranched alkanes of at least 4 members (excludes halogenated alkanes) is 3. The van der Waals surface area contributed by atoms with Gasteiger partial charge in [0.05, 0.1) is 0 Å². The lowest BCUT2D eigenvalue weighted by Gasteiger charge is -2.04. The molecule has 0 atom stereocenters. The molecule has 0 bridgehead atoms. The summed E-state index contributed by atoms with van der Waals surface area (Å²) in [6, 6.07) is 0. The molecular weight excluding hydrogens is 382 g/mol. The Bertz CT molecular complexity index is 356. The molecular formula is C14H38N4O6P2. The van der Waals surface area contributed by atoms with Crippen LogP contribution in [0.2, 0.25) is 0 Å². The maximum Gasteiger partial charge on any atom is 0.325 e. The fourth-order valence-corrected chi connectivity index (χ4v) is 3.14. The Morgan fingerprint density at radius 1 is 0.577 bits per heavy atom. The van der Waals surface area contributed by atoms with Crippen molar-refractivity contribution in [2.75, 3.05) is 51.6 Å². The van der Waals surface area contributed by atoms with E-state index < -0.39 is 15.2 Å². The van der Waals surface area contributed by atoms with E-state index in [2.05, 4.69) is 10.6 Å². The number of nitrogens with two attached hydrogens (primary N) is 2. The lowest BCUT2D eigenvalue weighted by molar-refractivity contribution is 0.366. The number of hydrogen-bond acceptors (Lipinski definition) is 6. The van der Waals surface area contributed by atoms with Crippen LogP contribution in [0.3, 0.4) is 0 Å². The molecule has 0 aromatic heterocycles. The third-order valence-electron chi connectivity index (χ3n) is 3.24. The van der Waals surface area contributed by atoms with Gasteiger partial charge in [-0.1, -0.05) is 12.8 Å². The van der Waals surface area contributed by atoms with Gasteiger partial charge in [0.1, 0.15) is 0 Å². The second kappa shape index (κ2) is 18.5. The van der Waals surface area contributed by atoms with Gasteiger partial charge in [0.2, 0.25) is 0 Å². The first-order chi connectivity index (χ1) is 12.1. The van der Waals surface area contributed by atoms with Gasteiger partial charge in [0, 0.05) is 25.4 Å². The Hall–Kier alpha value is 0.140. The molecule has 0 aromatic carbocycles. The second-order valence-corrected chi connectivity index (χ2v) is 9.53. The smallest absolute Gasteiger partial charge is 0.325 e. The van der Waals surface area contributed by atoms with E-state index in [1.165, 1.54) is 0 Å².